The first-order valence-electron chi connectivity index (χ1n) is 4.87. The van der Waals surface area contributed by atoms with E-state index >= 15 is 0 Å². The Balaban J connectivity index is 2.37. The van der Waals surface area contributed by atoms with E-state index in [4.69, 9.17) is 5.73 Å². The molecule has 0 saturated carbocycles. The molecule has 0 bridgehead atoms. The highest BCUT2D eigenvalue weighted by Gasteiger charge is 2.21. The molecule has 76 valence electrons. The van der Waals surface area contributed by atoms with Crippen LogP contribution in [0.5, 0.6) is 0 Å². The SMILES string of the molecule is CCC1CN(C(=O)CCN)CCS1. The third-order valence-corrected chi connectivity index (χ3v) is 3.68. The largest absolute Gasteiger partial charge is 0.341 e. The topological polar surface area (TPSA) is 46.3 Å². The number of carbonyl (C=O) groups excluding carboxylic acids is 1. The highest BCUT2D eigenvalue weighted by atomic mass is 32.2. The molecule has 4 heteroatoms. The Hall–Kier alpha value is -0.220. The van der Waals surface area contributed by atoms with E-state index in [-0.39, 0.29) is 5.91 Å². The predicted octanol–water partition coefficient (Wildman–Crippen LogP) is 0.689. The van der Waals surface area contributed by atoms with Crippen LogP contribution < -0.4 is 5.73 Å². The highest BCUT2D eigenvalue weighted by Crippen LogP contribution is 2.21. The molecule has 1 aliphatic heterocycles. The van der Waals surface area contributed by atoms with Gasteiger partial charge in [-0.05, 0) is 6.42 Å². The van der Waals surface area contributed by atoms with Gasteiger partial charge in [0.05, 0.1) is 0 Å². The maximum atomic E-state index is 11.5. The first-order valence-corrected chi connectivity index (χ1v) is 5.92. The van der Waals surface area contributed by atoms with Crippen LogP contribution in [0.4, 0.5) is 0 Å². The molecule has 0 radical (unpaired) electrons. The zero-order valence-corrected chi connectivity index (χ0v) is 8.98. The zero-order valence-electron chi connectivity index (χ0n) is 8.16. The van der Waals surface area contributed by atoms with Gasteiger partial charge in [0, 0.05) is 37.1 Å². The molecule has 0 aromatic heterocycles. The standard InChI is InChI=1S/C9H18N2OS/c1-2-8-7-11(5-6-13-8)9(12)3-4-10/h8H,2-7,10H2,1H3. The van der Waals surface area contributed by atoms with Crippen molar-refractivity contribution in [2.45, 2.75) is 25.0 Å². The lowest BCUT2D eigenvalue weighted by atomic mass is 10.2. The summed E-state index contributed by atoms with van der Waals surface area (Å²) in [6.07, 6.45) is 1.65. The summed E-state index contributed by atoms with van der Waals surface area (Å²) in [6.45, 7) is 4.47. The van der Waals surface area contributed by atoms with Gasteiger partial charge in [0.1, 0.15) is 0 Å². The summed E-state index contributed by atoms with van der Waals surface area (Å²) in [6, 6.07) is 0. The molecule has 0 aromatic carbocycles. The Morgan fingerprint density at radius 3 is 3.08 bits per heavy atom. The van der Waals surface area contributed by atoms with Crippen molar-refractivity contribution in [1.82, 2.24) is 4.90 Å². The third kappa shape index (κ3) is 3.19. The van der Waals surface area contributed by atoms with Gasteiger partial charge >= 0.3 is 0 Å². The minimum absolute atomic E-state index is 0.223. The number of nitrogens with zero attached hydrogens (tertiary/aromatic N) is 1. The van der Waals surface area contributed by atoms with E-state index in [1.54, 1.807) is 0 Å². The van der Waals surface area contributed by atoms with Crippen molar-refractivity contribution >= 4 is 17.7 Å². The van der Waals surface area contributed by atoms with Crippen LogP contribution in [-0.4, -0.2) is 41.4 Å². The quantitative estimate of drug-likeness (QED) is 0.732. The van der Waals surface area contributed by atoms with Crippen molar-refractivity contribution in [3.05, 3.63) is 0 Å². The van der Waals surface area contributed by atoms with Gasteiger partial charge in [0.15, 0.2) is 0 Å². The number of rotatable bonds is 3. The molecule has 1 unspecified atom stereocenters. The fraction of sp³-hybridized carbons (Fsp3) is 0.889. The van der Waals surface area contributed by atoms with Crippen LogP contribution in [0.1, 0.15) is 19.8 Å². The fourth-order valence-corrected chi connectivity index (χ4v) is 2.65. The van der Waals surface area contributed by atoms with Crippen molar-refractivity contribution in [1.29, 1.82) is 0 Å². The van der Waals surface area contributed by atoms with Gasteiger partial charge in [-0.2, -0.15) is 11.8 Å². The highest BCUT2D eigenvalue weighted by molar-refractivity contribution is 8.00. The molecule has 1 saturated heterocycles. The minimum atomic E-state index is 0.223. The molecular formula is C9H18N2OS. The number of amides is 1. The normalized spacial score (nSPS) is 23.2. The Labute approximate surface area is 84.0 Å². The van der Waals surface area contributed by atoms with E-state index in [2.05, 4.69) is 6.92 Å². The van der Waals surface area contributed by atoms with Crippen LogP contribution >= 0.6 is 11.8 Å². The Bertz CT molecular complexity index is 175. The molecule has 1 heterocycles. The van der Waals surface area contributed by atoms with Gasteiger partial charge in [0.2, 0.25) is 5.91 Å². The molecule has 13 heavy (non-hydrogen) atoms. The summed E-state index contributed by atoms with van der Waals surface area (Å²) in [5.74, 6) is 1.30. The van der Waals surface area contributed by atoms with E-state index in [1.807, 2.05) is 16.7 Å². The molecule has 0 aliphatic carbocycles. The van der Waals surface area contributed by atoms with Crippen LogP contribution in [0.15, 0.2) is 0 Å². The summed E-state index contributed by atoms with van der Waals surface area (Å²) < 4.78 is 0. The Kier molecular flexibility index (Phi) is 4.59. The van der Waals surface area contributed by atoms with Crippen LogP contribution in [-0.2, 0) is 4.79 Å². The Morgan fingerprint density at radius 2 is 2.46 bits per heavy atom. The summed E-state index contributed by atoms with van der Waals surface area (Å²) in [5, 5.41) is 0.635. The van der Waals surface area contributed by atoms with Gasteiger partial charge in [0.25, 0.3) is 0 Å². The number of hydrogen-bond donors (Lipinski definition) is 1. The van der Waals surface area contributed by atoms with Crippen molar-refractivity contribution < 1.29 is 4.79 Å². The van der Waals surface area contributed by atoms with Crippen molar-refractivity contribution in [2.75, 3.05) is 25.4 Å². The van der Waals surface area contributed by atoms with Gasteiger partial charge in [-0.1, -0.05) is 6.92 Å². The van der Waals surface area contributed by atoms with Crippen molar-refractivity contribution in [3.63, 3.8) is 0 Å². The van der Waals surface area contributed by atoms with Crippen LogP contribution in [0.2, 0.25) is 0 Å². The number of carbonyl (C=O) groups is 1. The molecule has 1 atom stereocenters. The van der Waals surface area contributed by atoms with E-state index in [0.29, 0.717) is 18.2 Å². The van der Waals surface area contributed by atoms with Crippen molar-refractivity contribution in [3.8, 4) is 0 Å². The maximum Gasteiger partial charge on any atom is 0.223 e. The summed E-state index contributed by atoms with van der Waals surface area (Å²) >= 11 is 1.98. The predicted molar refractivity (Wildman–Crippen MR) is 56.8 cm³/mol. The second-order valence-corrected chi connectivity index (χ2v) is 4.69. The van der Waals surface area contributed by atoms with Gasteiger partial charge in [-0.15, -0.1) is 0 Å². The monoisotopic (exact) mass is 202 g/mol. The van der Waals surface area contributed by atoms with Crippen LogP contribution in [0.25, 0.3) is 0 Å². The van der Waals surface area contributed by atoms with Crippen LogP contribution in [0, 0.1) is 0 Å². The lowest BCUT2D eigenvalue weighted by molar-refractivity contribution is -0.130. The first-order chi connectivity index (χ1) is 6.27. The smallest absolute Gasteiger partial charge is 0.223 e. The molecule has 0 aromatic rings. The number of nitrogens with two attached hydrogens (primary N) is 1. The average molecular weight is 202 g/mol. The summed E-state index contributed by atoms with van der Waals surface area (Å²) in [7, 11) is 0. The lowest BCUT2D eigenvalue weighted by Gasteiger charge is -2.31. The molecule has 1 amide bonds. The fourth-order valence-electron chi connectivity index (χ4n) is 1.47. The molecule has 0 spiro atoms. The molecule has 2 N–H and O–H groups in total. The summed E-state index contributed by atoms with van der Waals surface area (Å²) in [4.78, 5) is 13.5. The summed E-state index contributed by atoms with van der Waals surface area (Å²) in [5.41, 5.74) is 5.35. The molecular weight excluding hydrogens is 184 g/mol. The van der Waals surface area contributed by atoms with Crippen LogP contribution in [0.3, 0.4) is 0 Å². The first kappa shape index (κ1) is 10.9. The van der Waals surface area contributed by atoms with Gasteiger partial charge < -0.3 is 10.6 Å². The average Bonchev–Trinajstić information content (AvgIpc) is 2.18. The number of thioether (sulfide) groups is 1. The Morgan fingerprint density at radius 1 is 1.69 bits per heavy atom. The van der Waals surface area contributed by atoms with Crippen molar-refractivity contribution in [2.24, 2.45) is 5.73 Å². The molecule has 1 rings (SSSR count). The molecule has 1 fully saturated rings. The van der Waals surface area contributed by atoms with E-state index < -0.39 is 0 Å². The van der Waals surface area contributed by atoms with Gasteiger partial charge in [-0.25, -0.2) is 0 Å². The number of hydrogen-bond acceptors (Lipinski definition) is 3. The second-order valence-electron chi connectivity index (χ2n) is 3.28. The molecule has 1 aliphatic rings. The second kappa shape index (κ2) is 5.50. The van der Waals surface area contributed by atoms with E-state index in [0.717, 1.165) is 25.3 Å². The van der Waals surface area contributed by atoms with E-state index in [9.17, 15) is 4.79 Å². The van der Waals surface area contributed by atoms with Gasteiger partial charge in [-0.3, -0.25) is 4.79 Å². The molecule has 3 nitrogen and oxygen atoms in total. The van der Waals surface area contributed by atoms with E-state index in [1.165, 1.54) is 0 Å². The third-order valence-electron chi connectivity index (χ3n) is 2.31. The lowest BCUT2D eigenvalue weighted by Crippen LogP contribution is -2.42. The zero-order chi connectivity index (χ0) is 9.68. The maximum absolute atomic E-state index is 11.5. The minimum Gasteiger partial charge on any atom is -0.341 e.